The molecule has 1 aliphatic carbocycles. The van der Waals surface area contributed by atoms with Crippen molar-refractivity contribution in [2.45, 2.75) is 45.4 Å². The maximum atomic E-state index is 11.6. The maximum Gasteiger partial charge on any atom is 0.225 e. The van der Waals surface area contributed by atoms with Gasteiger partial charge in [0.15, 0.2) is 5.82 Å². The number of aromatic nitrogens is 2. The van der Waals surface area contributed by atoms with E-state index in [-0.39, 0.29) is 5.91 Å². The molecular weight excluding hydrogens is 202 g/mol. The maximum absolute atomic E-state index is 11.6. The molecule has 1 heterocycles. The van der Waals surface area contributed by atoms with Gasteiger partial charge in [-0.05, 0) is 24.7 Å². The molecule has 1 saturated carbocycles. The van der Waals surface area contributed by atoms with E-state index in [4.69, 9.17) is 0 Å². The Morgan fingerprint density at radius 1 is 1.62 bits per heavy atom. The average molecular weight is 221 g/mol. The van der Waals surface area contributed by atoms with Crippen LogP contribution in [0.15, 0.2) is 6.07 Å². The van der Waals surface area contributed by atoms with Crippen molar-refractivity contribution in [3.05, 3.63) is 11.8 Å². The Morgan fingerprint density at radius 3 is 2.88 bits per heavy atom. The van der Waals surface area contributed by atoms with E-state index in [1.807, 2.05) is 6.07 Å². The Labute approximate surface area is 95.8 Å². The van der Waals surface area contributed by atoms with E-state index in [2.05, 4.69) is 29.4 Å². The molecule has 0 atom stereocenters. The Balaban J connectivity index is 1.85. The molecule has 1 aromatic rings. The van der Waals surface area contributed by atoms with E-state index in [9.17, 15) is 4.79 Å². The van der Waals surface area contributed by atoms with Gasteiger partial charge in [-0.2, -0.15) is 5.10 Å². The van der Waals surface area contributed by atoms with E-state index >= 15 is 0 Å². The fourth-order valence-electron chi connectivity index (χ4n) is 1.85. The number of hydrogen-bond donors (Lipinski definition) is 2. The lowest BCUT2D eigenvalue weighted by molar-refractivity contribution is -0.117. The van der Waals surface area contributed by atoms with Crippen LogP contribution in [0, 0.1) is 5.92 Å². The highest BCUT2D eigenvalue weighted by Gasteiger charge is 2.20. The second-order valence-electron chi connectivity index (χ2n) is 4.91. The van der Waals surface area contributed by atoms with Crippen LogP contribution in [0.25, 0.3) is 0 Å². The lowest BCUT2D eigenvalue weighted by Crippen LogP contribution is -2.20. The van der Waals surface area contributed by atoms with Crippen LogP contribution in [-0.4, -0.2) is 16.1 Å². The zero-order chi connectivity index (χ0) is 11.5. The van der Waals surface area contributed by atoms with Crippen LogP contribution in [0.2, 0.25) is 0 Å². The van der Waals surface area contributed by atoms with Gasteiger partial charge in [-0.3, -0.25) is 9.89 Å². The second kappa shape index (κ2) is 4.68. The molecule has 0 bridgehead atoms. The topological polar surface area (TPSA) is 57.8 Å². The number of H-pyrrole nitrogens is 1. The minimum atomic E-state index is 0.0894. The van der Waals surface area contributed by atoms with Crippen LogP contribution in [0.4, 0.5) is 5.82 Å². The summed E-state index contributed by atoms with van der Waals surface area (Å²) in [5.41, 5.74) is 1.05. The lowest BCUT2D eigenvalue weighted by atomic mass is 9.83. The van der Waals surface area contributed by atoms with Crippen LogP contribution in [-0.2, 0) is 4.79 Å². The number of hydrogen-bond acceptors (Lipinski definition) is 2. The number of nitrogens with one attached hydrogen (secondary N) is 2. The number of carbonyl (C=O) groups is 1. The van der Waals surface area contributed by atoms with Crippen molar-refractivity contribution in [2.75, 3.05) is 5.32 Å². The molecule has 1 fully saturated rings. The quantitative estimate of drug-likeness (QED) is 0.821. The van der Waals surface area contributed by atoms with Crippen molar-refractivity contribution < 1.29 is 4.79 Å². The summed E-state index contributed by atoms with van der Waals surface area (Å²) in [5.74, 6) is 1.74. The first-order valence-corrected chi connectivity index (χ1v) is 6.00. The molecule has 0 aliphatic heterocycles. The van der Waals surface area contributed by atoms with Crippen LogP contribution in [0.3, 0.4) is 0 Å². The van der Waals surface area contributed by atoms with Crippen LogP contribution >= 0.6 is 0 Å². The molecule has 4 nitrogen and oxygen atoms in total. The third-order valence-electron chi connectivity index (χ3n) is 3.19. The van der Waals surface area contributed by atoms with E-state index in [1.54, 1.807) is 0 Å². The summed E-state index contributed by atoms with van der Waals surface area (Å²) in [6.07, 6.45) is 4.32. The summed E-state index contributed by atoms with van der Waals surface area (Å²) >= 11 is 0. The highest BCUT2D eigenvalue weighted by Crippen LogP contribution is 2.29. The van der Waals surface area contributed by atoms with Crippen molar-refractivity contribution in [2.24, 2.45) is 5.92 Å². The molecule has 0 unspecified atom stereocenters. The number of aromatic amines is 1. The van der Waals surface area contributed by atoms with Crippen LogP contribution in [0.5, 0.6) is 0 Å². The summed E-state index contributed by atoms with van der Waals surface area (Å²) in [7, 11) is 0. The molecule has 16 heavy (non-hydrogen) atoms. The molecule has 0 radical (unpaired) electrons. The summed E-state index contributed by atoms with van der Waals surface area (Å²) in [4.78, 5) is 11.6. The van der Waals surface area contributed by atoms with E-state index in [1.165, 1.54) is 19.3 Å². The molecule has 2 rings (SSSR count). The van der Waals surface area contributed by atoms with Gasteiger partial charge in [-0.25, -0.2) is 0 Å². The first-order chi connectivity index (χ1) is 7.65. The third kappa shape index (κ3) is 2.62. The second-order valence-corrected chi connectivity index (χ2v) is 4.91. The normalized spacial score (nSPS) is 16.2. The molecule has 0 spiro atoms. The number of rotatable bonds is 4. The molecule has 4 heteroatoms. The molecule has 2 N–H and O–H groups in total. The zero-order valence-corrected chi connectivity index (χ0v) is 9.92. The van der Waals surface area contributed by atoms with Crippen LogP contribution < -0.4 is 5.32 Å². The predicted octanol–water partition coefficient (Wildman–Crippen LogP) is 2.66. The number of nitrogens with zero attached hydrogens (tertiary/aromatic N) is 1. The van der Waals surface area contributed by atoms with E-state index < -0.39 is 0 Å². The van der Waals surface area contributed by atoms with Gasteiger partial charge in [-0.15, -0.1) is 0 Å². The zero-order valence-electron chi connectivity index (χ0n) is 9.92. The summed E-state index contributed by atoms with van der Waals surface area (Å²) in [6.45, 7) is 4.18. The minimum absolute atomic E-state index is 0.0894. The Hall–Kier alpha value is -1.32. The summed E-state index contributed by atoms with van der Waals surface area (Å²) < 4.78 is 0. The number of carbonyl (C=O) groups excluding carboxylic acids is 1. The van der Waals surface area contributed by atoms with Gasteiger partial charge in [-0.1, -0.05) is 20.3 Å². The highest BCUT2D eigenvalue weighted by atomic mass is 16.1. The van der Waals surface area contributed by atoms with Crippen molar-refractivity contribution in [1.29, 1.82) is 0 Å². The predicted molar refractivity (Wildman–Crippen MR) is 63.3 cm³/mol. The smallest absolute Gasteiger partial charge is 0.225 e. The minimum Gasteiger partial charge on any atom is -0.309 e. The first kappa shape index (κ1) is 11.2. The summed E-state index contributed by atoms with van der Waals surface area (Å²) in [5, 5.41) is 9.83. The van der Waals surface area contributed by atoms with Gasteiger partial charge in [0, 0.05) is 18.2 Å². The van der Waals surface area contributed by atoms with Gasteiger partial charge >= 0.3 is 0 Å². The lowest BCUT2D eigenvalue weighted by Gasteiger charge is -2.24. The Kier molecular flexibility index (Phi) is 3.27. The molecule has 1 aliphatic rings. The first-order valence-electron chi connectivity index (χ1n) is 6.00. The Morgan fingerprint density at radius 2 is 2.38 bits per heavy atom. The van der Waals surface area contributed by atoms with Gasteiger partial charge in [0.2, 0.25) is 5.91 Å². The Bertz CT molecular complexity index is 366. The van der Waals surface area contributed by atoms with E-state index in [0.29, 0.717) is 24.1 Å². The fraction of sp³-hybridized carbons (Fsp3) is 0.667. The van der Waals surface area contributed by atoms with Gasteiger partial charge < -0.3 is 5.32 Å². The van der Waals surface area contributed by atoms with Crippen LogP contribution in [0.1, 0.15) is 51.1 Å². The largest absolute Gasteiger partial charge is 0.309 e. The fourth-order valence-corrected chi connectivity index (χ4v) is 1.85. The molecule has 0 saturated heterocycles. The van der Waals surface area contributed by atoms with Crippen molar-refractivity contribution in [1.82, 2.24) is 10.2 Å². The molecule has 88 valence electrons. The van der Waals surface area contributed by atoms with Crippen molar-refractivity contribution in [3.63, 3.8) is 0 Å². The van der Waals surface area contributed by atoms with Gasteiger partial charge in [0.1, 0.15) is 0 Å². The summed E-state index contributed by atoms with van der Waals surface area (Å²) in [6, 6.07) is 1.91. The molecular formula is C12H19N3O. The molecule has 1 aromatic heterocycles. The van der Waals surface area contributed by atoms with Crippen molar-refractivity contribution >= 4 is 11.7 Å². The number of amides is 1. The average Bonchev–Trinajstić information content (AvgIpc) is 2.60. The molecule has 0 aromatic carbocycles. The molecule has 1 amide bonds. The highest BCUT2D eigenvalue weighted by molar-refractivity contribution is 5.89. The van der Waals surface area contributed by atoms with E-state index in [0.717, 1.165) is 5.69 Å². The SMILES string of the molecule is CC(C)c1cc(NC(=O)CC2CCC2)n[nH]1. The van der Waals surface area contributed by atoms with Crippen molar-refractivity contribution in [3.8, 4) is 0 Å². The standard InChI is InChI=1S/C12H19N3O/c1-8(2)10-7-11(15-14-10)13-12(16)6-9-4-3-5-9/h7-9H,3-6H2,1-2H3,(H2,13,14,15,16). The third-order valence-corrected chi connectivity index (χ3v) is 3.19. The van der Waals surface area contributed by atoms with Gasteiger partial charge in [0.05, 0.1) is 0 Å². The monoisotopic (exact) mass is 221 g/mol. The number of anilines is 1. The van der Waals surface area contributed by atoms with Gasteiger partial charge in [0.25, 0.3) is 0 Å².